The summed E-state index contributed by atoms with van der Waals surface area (Å²) in [5, 5.41) is 2.07. The fourth-order valence-corrected chi connectivity index (χ4v) is 1.51. The van der Waals surface area contributed by atoms with Gasteiger partial charge in [0.25, 0.3) is 0 Å². The Labute approximate surface area is 51.6 Å². The van der Waals surface area contributed by atoms with E-state index in [4.69, 9.17) is 4.84 Å². The highest BCUT2D eigenvalue weighted by Gasteiger charge is 2.24. The molecule has 8 heavy (non-hydrogen) atoms. The van der Waals surface area contributed by atoms with Gasteiger partial charge in [0.05, 0.1) is 6.61 Å². The molecule has 0 bridgehead atoms. The SMILES string of the molecule is C1=C2CONC2NS1. The van der Waals surface area contributed by atoms with E-state index < -0.39 is 0 Å². The molecule has 2 aliphatic rings. The van der Waals surface area contributed by atoms with E-state index >= 15 is 0 Å². The van der Waals surface area contributed by atoms with E-state index in [9.17, 15) is 0 Å². The van der Waals surface area contributed by atoms with Gasteiger partial charge in [0, 0.05) is 0 Å². The fraction of sp³-hybridized carbons (Fsp3) is 0.500. The van der Waals surface area contributed by atoms with Gasteiger partial charge in [-0.2, -0.15) is 5.48 Å². The predicted molar refractivity (Wildman–Crippen MR) is 31.7 cm³/mol. The Bertz CT molecular complexity index is 136. The van der Waals surface area contributed by atoms with Gasteiger partial charge in [-0.3, -0.25) is 4.84 Å². The van der Waals surface area contributed by atoms with Crippen LogP contribution < -0.4 is 10.2 Å². The number of nitrogens with one attached hydrogen (secondary N) is 2. The van der Waals surface area contributed by atoms with Gasteiger partial charge in [-0.05, 0) is 11.0 Å². The van der Waals surface area contributed by atoms with Crippen molar-refractivity contribution >= 4 is 11.9 Å². The molecular formula is C4H6N2OS. The van der Waals surface area contributed by atoms with Gasteiger partial charge in [-0.1, -0.05) is 11.9 Å². The summed E-state index contributed by atoms with van der Waals surface area (Å²) in [5.41, 5.74) is 4.12. The van der Waals surface area contributed by atoms with Crippen molar-refractivity contribution in [3.8, 4) is 0 Å². The molecule has 1 atom stereocenters. The van der Waals surface area contributed by atoms with Crippen LogP contribution in [0.3, 0.4) is 0 Å². The molecule has 0 saturated carbocycles. The lowest BCUT2D eigenvalue weighted by Gasteiger charge is -2.00. The summed E-state index contributed by atoms with van der Waals surface area (Å²) in [6, 6.07) is 0. The fourth-order valence-electron chi connectivity index (χ4n) is 0.747. The van der Waals surface area contributed by atoms with Gasteiger partial charge in [0.2, 0.25) is 0 Å². The predicted octanol–water partition coefficient (Wildman–Crippen LogP) is -0.0174. The quantitative estimate of drug-likeness (QED) is 0.452. The summed E-state index contributed by atoms with van der Waals surface area (Å²) in [5.74, 6) is 0. The molecule has 0 aromatic carbocycles. The smallest absolute Gasteiger partial charge is 0.115 e. The summed E-state index contributed by atoms with van der Waals surface area (Å²) in [6.45, 7) is 0.727. The molecule has 0 aromatic rings. The highest BCUT2D eigenvalue weighted by atomic mass is 32.2. The third-order valence-corrected chi connectivity index (χ3v) is 2.00. The molecule has 1 unspecified atom stereocenters. The molecule has 4 heteroatoms. The summed E-state index contributed by atoms with van der Waals surface area (Å²) in [7, 11) is 0. The van der Waals surface area contributed by atoms with Crippen LogP contribution >= 0.6 is 11.9 Å². The molecule has 2 N–H and O–H groups in total. The molecule has 0 amide bonds. The van der Waals surface area contributed by atoms with Crippen molar-refractivity contribution in [3.63, 3.8) is 0 Å². The van der Waals surface area contributed by atoms with E-state index in [1.807, 2.05) is 0 Å². The Kier molecular flexibility index (Phi) is 1.04. The maximum atomic E-state index is 4.92. The van der Waals surface area contributed by atoms with Crippen molar-refractivity contribution in [3.05, 3.63) is 11.0 Å². The number of hydroxylamine groups is 1. The first-order valence-corrected chi connectivity index (χ1v) is 3.32. The topological polar surface area (TPSA) is 33.3 Å². The minimum Gasteiger partial charge on any atom is -0.295 e. The first-order chi connectivity index (χ1) is 3.97. The number of fused-ring (bicyclic) bond motifs is 1. The van der Waals surface area contributed by atoms with E-state index in [-0.39, 0.29) is 6.17 Å². The minimum absolute atomic E-state index is 0.278. The lowest BCUT2D eigenvalue weighted by atomic mass is 10.3. The van der Waals surface area contributed by atoms with E-state index in [0.717, 1.165) is 6.61 Å². The molecule has 44 valence electrons. The van der Waals surface area contributed by atoms with Crippen LogP contribution in [-0.4, -0.2) is 12.8 Å². The third kappa shape index (κ3) is 0.578. The molecule has 1 saturated heterocycles. The monoisotopic (exact) mass is 130 g/mol. The third-order valence-electron chi connectivity index (χ3n) is 1.21. The first kappa shape index (κ1) is 4.81. The average molecular weight is 130 g/mol. The zero-order valence-corrected chi connectivity index (χ0v) is 4.99. The van der Waals surface area contributed by atoms with E-state index in [0.29, 0.717) is 0 Å². The van der Waals surface area contributed by atoms with Crippen LogP contribution in [0, 0.1) is 0 Å². The standard InChI is InChI=1S/C4H6N2OS/c1-3-2-8-6-4(3)5-7-1/h2,4-6H,1H2. The van der Waals surface area contributed by atoms with Crippen LogP contribution in [0.25, 0.3) is 0 Å². The Morgan fingerprint density at radius 2 is 2.88 bits per heavy atom. The van der Waals surface area contributed by atoms with Gasteiger partial charge in [0.15, 0.2) is 0 Å². The van der Waals surface area contributed by atoms with E-state index in [2.05, 4.69) is 15.6 Å². The normalized spacial score (nSPS) is 35.0. The van der Waals surface area contributed by atoms with Crippen molar-refractivity contribution in [2.45, 2.75) is 6.17 Å². The van der Waals surface area contributed by atoms with Gasteiger partial charge >= 0.3 is 0 Å². The maximum Gasteiger partial charge on any atom is 0.115 e. The molecule has 0 aliphatic carbocycles. The van der Waals surface area contributed by atoms with Crippen LogP contribution in [0.1, 0.15) is 0 Å². The lowest BCUT2D eigenvalue weighted by molar-refractivity contribution is 0.0881. The molecule has 2 rings (SSSR count). The zero-order valence-electron chi connectivity index (χ0n) is 4.18. The Morgan fingerprint density at radius 1 is 1.88 bits per heavy atom. The summed E-state index contributed by atoms with van der Waals surface area (Å²) < 4.78 is 3.11. The average Bonchev–Trinajstić information content (AvgIpc) is 2.15. The van der Waals surface area contributed by atoms with Crippen molar-refractivity contribution < 1.29 is 4.84 Å². The highest BCUT2D eigenvalue weighted by molar-refractivity contribution is 8.00. The van der Waals surface area contributed by atoms with Gasteiger partial charge in [-0.25, -0.2) is 4.72 Å². The second kappa shape index (κ2) is 1.73. The molecule has 2 heterocycles. The van der Waals surface area contributed by atoms with E-state index in [1.165, 1.54) is 5.57 Å². The zero-order chi connectivity index (χ0) is 5.40. The largest absolute Gasteiger partial charge is 0.295 e. The molecule has 0 aromatic heterocycles. The molecule has 0 spiro atoms. The molecule has 2 aliphatic heterocycles. The summed E-state index contributed by atoms with van der Waals surface area (Å²) in [4.78, 5) is 4.92. The highest BCUT2D eigenvalue weighted by Crippen LogP contribution is 2.20. The summed E-state index contributed by atoms with van der Waals surface area (Å²) in [6.07, 6.45) is 0.278. The second-order valence-corrected chi connectivity index (χ2v) is 2.48. The van der Waals surface area contributed by atoms with E-state index in [1.54, 1.807) is 11.9 Å². The number of rotatable bonds is 0. The number of hydrogen-bond acceptors (Lipinski definition) is 4. The molecule has 1 fully saturated rings. The van der Waals surface area contributed by atoms with Gasteiger partial charge < -0.3 is 0 Å². The molecular weight excluding hydrogens is 124 g/mol. The van der Waals surface area contributed by atoms with Gasteiger partial charge in [-0.15, -0.1) is 0 Å². The maximum absolute atomic E-state index is 4.92. The Balaban J connectivity index is 2.20. The van der Waals surface area contributed by atoms with Gasteiger partial charge in [0.1, 0.15) is 6.17 Å². The van der Waals surface area contributed by atoms with Crippen molar-refractivity contribution in [1.29, 1.82) is 0 Å². The van der Waals surface area contributed by atoms with Crippen LogP contribution in [0.15, 0.2) is 11.0 Å². The van der Waals surface area contributed by atoms with Crippen molar-refractivity contribution in [2.75, 3.05) is 6.61 Å². The molecule has 0 radical (unpaired) electrons. The van der Waals surface area contributed by atoms with Crippen LogP contribution in [-0.2, 0) is 4.84 Å². The summed E-state index contributed by atoms with van der Waals surface area (Å²) >= 11 is 1.61. The van der Waals surface area contributed by atoms with Crippen molar-refractivity contribution in [1.82, 2.24) is 10.2 Å². The Morgan fingerprint density at radius 3 is 3.75 bits per heavy atom. The Hall–Kier alpha value is -0.0300. The van der Waals surface area contributed by atoms with Crippen LogP contribution in [0.2, 0.25) is 0 Å². The lowest BCUT2D eigenvalue weighted by Crippen LogP contribution is -2.29. The van der Waals surface area contributed by atoms with Crippen molar-refractivity contribution in [2.24, 2.45) is 0 Å². The number of hydrogen-bond donors (Lipinski definition) is 2. The second-order valence-electron chi connectivity index (χ2n) is 1.77. The minimum atomic E-state index is 0.278. The molecule has 3 nitrogen and oxygen atoms in total. The van der Waals surface area contributed by atoms with Crippen LogP contribution in [0.4, 0.5) is 0 Å². The van der Waals surface area contributed by atoms with Crippen LogP contribution in [0.5, 0.6) is 0 Å². The first-order valence-electron chi connectivity index (χ1n) is 2.44.